The third-order valence-corrected chi connectivity index (χ3v) is 5.75. The van der Waals surface area contributed by atoms with Gasteiger partial charge in [-0.3, -0.25) is 10.2 Å². The molecule has 8 heteroatoms. The summed E-state index contributed by atoms with van der Waals surface area (Å²) in [5.74, 6) is -0.919. The first-order chi connectivity index (χ1) is 18.7. The quantitative estimate of drug-likeness (QED) is 0.0909. The summed E-state index contributed by atoms with van der Waals surface area (Å²) in [6.07, 6.45) is 3.36. The van der Waals surface area contributed by atoms with Crippen LogP contribution in [-0.2, 0) is 16.1 Å². The number of esters is 2. The SMILES string of the molecule is C=CCN(Cc1ccccc1C(=O)OCC)C(=O)C(C)=Cc1ccc(C(=O)Oc2ccc(C(=N)N)cc2)cc1. The van der Waals surface area contributed by atoms with E-state index in [9.17, 15) is 14.4 Å². The zero-order valence-electron chi connectivity index (χ0n) is 22.0. The molecule has 0 unspecified atom stereocenters. The van der Waals surface area contributed by atoms with E-state index >= 15 is 0 Å². The highest BCUT2D eigenvalue weighted by Crippen LogP contribution is 2.18. The number of ether oxygens (including phenoxy) is 2. The van der Waals surface area contributed by atoms with E-state index in [1.165, 1.54) is 0 Å². The first kappa shape index (κ1) is 28.6. The Kier molecular flexibility index (Phi) is 9.92. The fourth-order valence-corrected chi connectivity index (χ4v) is 3.79. The van der Waals surface area contributed by atoms with Gasteiger partial charge in [0.05, 0.1) is 17.7 Å². The molecule has 0 heterocycles. The number of hydrogen-bond acceptors (Lipinski definition) is 6. The maximum absolute atomic E-state index is 13.3. The normalized spacial score (nSPS) is 10.9. The van der Waals surface area contributed by atoms with Gasteiger partial charge < -0.3 is 20.1 Å². The molecule has 0 atom stereocenters. The van der Waals surface area contributed by atoms with Gasteiger partial charge in [-0.05, 0) is 73.5 Å². The molecule has 0 aliphatic heterocycles. The number of nitrogens with zero attached hydrogens (tertiary/aromatic N) is 1. The lowest BCUT2D eigenvalue weighted by Gasteiger charge is -2.23. The summed E-state index contributed by atoms with van der Waals surface area (Å²) in [4.78, 5) is 39.8. The lowest BCUT2D eigenvalue weighted by molar-refractivity contribution is -0.127. The van der Waals surface area contributed by atoms with Crippen LogP contribution in [0.25, 0.3) is 6.08 Å². The molecule has 0 spiro atoms. The molecule has 0 aliphatic rings. The fourth-order valence-electron chi connectivity index (χ4n) is 3.79. The number of nitrogens with one attached hydrogen (secondary N) is 1. The highest BCUT2D eigenvalue weighted by Gasteiger charge is 2.19. The van der Waals surface area contributed by atoms with Gasteiger partial charge in [0, 0.05) is 24.2 Å². The van der Waals surface area contributed by atoms with Crippen LogP contribution in [0.5, 0.6) is 5.75 Å². The molecule has 3 aromatic carbocycles. The maximum atomic E-state index is 13.3. The number of benzene rings is 3. The first-order valence-corrected chi connectivity index (χ1v) is 12.3. The van der Waals surface area contributed by atoms with Crippen LogP contribution in [0.1, 0.15) is 51.3 Å². The Bertz CT molecular complexity index is 1390. The average molecular weight is 526 g/mol. The summed E-state index contributed by atoms with van der Waals surface area (Å²) in [5, 5.41) is 7.43. The summed E-state index contributed by atoms with van der Waals surface area (Å²) in [5.41, 5.74) is 8.62. The van der Waals surface area contributed by atoms with E-state index in [2.05, 4.69) is 6.58 Å². The van der Waals surface area contributed by atoms with Crippen LogP contribution in [-0.4, -0.2) is 41.7 Å². The standard InChI is InChI=1S/C31H31N3O5/c1-4-18-34(20-25-8-6-7-9-27(25)31(37)38-5-2)29(35)21(3)19-22-10-12-24(13-11-22)30(36)39-26-16-14-23(15-17-26)28(32)33/h4,6-17,19H,1,5,18,20H2,2-3H3,(H3,32,33). The second-order valence-electron chi connectivity index (χ2n) is 8.63. The highest BCUT2D eigenvalue weighted by molar-refractivity contribution is 5.98. The van der Waals surface area contributed by atoms with Crippen molar-refractivity contribution < 1.29 is 23.9 Å². The average Bonchev–Trinajstić information content (AvgIpc) is 2.93. The Morgan fingerprint density at radius 3 is 2.21 bits per heavy atom. The number of nitrogens with two attached hydrogens (primary N) is 1. The molecular formula is C31H31N3O5. The Balaban J connectivity index is 1.71. The number of hydrogen-bond donors (Lipinski definition) is 2. The fraction of sp³-hybridized carbons (Fsp3) is 0.161. The van der Waals surface area contributed by atoms with Gasteiger partial charge in [-0.15, -0.1) is 6.58 Å². The molecule has 0 bridgehead atoms. The van der Waals surface area contributed by atoms with Gasteiger partial charge in [-0.2, -0.15) is 0 Å². The van der Waals surface area contributed by atoms with Gasteiger partial charge in [-0.1, -0.05) is 36.4 Å². The van der Waals surface area contributed by atoms with Crippen molar-refractivity contribution in [3.63, 3.8) is 0 Å². The summed E-state index contributed by atoms with van der Waals surface area (Å²) in [6.45, 7) is 7.97. The van der Waals surface area contributed by atoms with E-state index in [1.807, 2.05) is 6.07 Å². The topological polar surface area (TPSA) is 123 Å². The smallest absolute Gasteiger partial charge is 0.343 e. The van der Waals surface area contributed by atoms with Crippen molar-refractivity contribution in [3.8, 4) is 5.75 Å². The molecule has 3 aromatic rings. The summed E-state index contributed by atoms with van der Waals surface area (Å²) >= 11 is 0. The van der Waals surface area contributed by atoms with Gasteiger partial charge in [-0.25, -0.2) is 9.59 Å². The van der Waals surface area contributed by atoms with Crippen LogP contribution >= 0.6 is 0 Å². The van der Waals surface area contributed by atoms with Gasteiger partial charge >= 0.3 is 11.9 Å². The monoisotopic (exact) mass is 525 g/mol. The van der Waals surface area contributed by atoms with Crippen molar-refractivity contribution in [1.29, 1.82) is 5.41 Å². The zero-order valence-corrected chi connectivity index (χ0v) is 22.0. The lowest BCUT2D eigenvalue weighted by atomic mass is 10.1. The molecule has 0 saturated carbocycles. The van der Waals surface area contributed by atoms with E-state index in [4.69, 9.17) is 20.6 Å². The molecule has 3 N–H and O–H groups in total. The van der Waals surface area contributed by atoms with Gasteiger partial charge in [0.25, 0.3) is 0 Å². The van der Waals surface area contributed by atoms with Crippen molar-refractivity contribution in [2.24, 2.45) is 5.73 Å². The van der Waals surface area contributed by atoms with Gasteiger partial charge in [0.15, 0.2) is 0 Å². The van der Waals surface area contributed by atoms with Crippen LogP contribution < -0.4 is 10.5 Å². The molecule has 0 aromatic heterocycles. The van der Waals surface area contributed by atoms with E-state index < -0.39 is 11.9 Å². The number of carbonyl (C=O) groups is 3. The van der Waals surface area contributed by atoms with Crippen LogP contribution in [0.4, 0.5) is 0 Å². The van der Waals surface area contributed by atoms with E-state index in [0.29, 0.717) is 40.1 Å². The molecule has 0 fully saturated rings. The Labute approximate surface area is 227 Å². The molecule has 200 valence electrons. The second kappa shape index (κ2) is 13.5. The minimum atomic E-state index is -0.536. The van der Waals surface area contributed by atoms with Crippen LogP contribution in [0.15, 0.2) is 91.0 Å². The van der Waals surface area contributed by atoms with E-state index in [0.717, 1.165) is 5.56 Å². The third-order valence-electron chi connectivity index (χ3n) is 5.75. The van der Waals surface area contributed by atoms with Gasteiger partial charge in [0.2, 0.25) is 5.91 Å². The highest BCUT2D eigenvalue weighted by atomic mass is 16.5. The number of carbonyl (C=O) groups excluding carboxylic acids is 3. The Morgan fingerprint density at radius 2 is 1.59 bits per heavy atom. The summed E-state index contributed by atoms with van der Waals surface area (Å²) in [6, 6.07) is 20.1. The number of amides is 1. The van der Waals surface area contributed by atoms with Crippen molar-refractivity contribution in [1.82, 2.24) is 4.90 Å². The predicted molar refractivity (Wildman–Crippen MR) is 151 cm³/mol. The number of nitrogen functional groups attached to an aromatic ring is 1. The van der Waals surface area contributed by atoms with Gasteiger partial charge in [0.1, 0.15) is 11.6 Å². The molecule has 39 heavy (non-hydrogen) atoms. The molecular weight excluding hydrogens is 494 g/mol. The third kappa shape index (κ3) is 7.75. The Morgan fingerprint density at radius 1 is 0.949 bits per heavy atom. The zero-order chi connectivity index (χ0) is 28.4. The largest absolute Gasteiger partial charge is 0.462 e. The lowest BCUT2D eigenvalue weighted by Crippen LogP contribution is -2.32. The van der Waals surface area contributed by atoms with Crippen molar-refractivity contribution in [3.05, 3.63) is 119 Å². The predicted octanol–water partition coefficient (Wildman–Crippen LogP) is 4.98. The molecule has 0 aliphatic carbocycles. The minimum absolute atomic E-state index is 0.0700. The first-order valence-electron chi connectivity index (χ1n) is 12.3. The van der Waals surface area contributed by atoms with Crippen molar-refractivity contribution in [2.75, 3.05) is 13.2 Å². The summed E-state index contributed by atoms with van der Waals surface area (Å²) < 4.78 is 10.5. The second-order valence-corrected chi connectivity index (χ2v) is 8.63. The van der Waals surface area contributed by atoms with Crippen molar-refractivity contribution >= 4 is 29.8 Å². The summed E-state index contributed by atoms with van der Waals surface area (Å²) in [7, 11) is 0. The van der Waals surface area contributed by atoms with Crippen molar-refractivity contribution in [2.45, 2.75) is 20.4 Å². The maximum Gasteiger partial charge on any atom is 0.343 e. The van der Waals surface area contributed by atoms with Crippen LogP contribution in [0, 0.1) is 5.41 Å². The molecule has 8 nitrogen and oxygen atoms in total. The molecule has 0 saturated heterocycles. The van der Waals surface area contributed by atoms with E-state index in [1.54, 1.807) is 97.6 Å². The number of rotatable bonds is 11. The molecule has 0 radical (unpaired) electrons. The van der Waals surface area contributed by atoms with E-state index in [-0.39, 0.29) is 24.9 Å². The Hall–Kier alpha value is -4.98. The van der Waals surface area contributed by atoms with Crippen LogP contribution in [0.3, 0.4) is 0 Å². The molecule has 1 amide bonds. The van der Waals surface area contributed by atoms with Crippen LogP contribution in [0.2, 0.25) is 0 Å². The molecule has 3 rings (SSSR count). The number of amidine groups is 1. The minimum Gasteiger partial charge on any atom is -0.462 e.